The number of benzene rings is 1. The van der Waals surface area contributed by atoms with Gasteiger partial charge in [0.05, 0.1) is 0 Å². The molecule has 0 saturated heterocycles. The molecule has 0 unspecified atom stereocenters. The van der Waals surface area contributed by atoms with Crippen molar-refractivity contribution >= 4 is 23.5 Å². The first-order valence-electron chi connectivity index (χ1n) is 8.28. The maximum atomic E-state index is 12.1. The number of nitrogens with one attached hydrogen (secondary N) is 3. The van der Waals surface area contributed by atoms with E-state index in [9.17, 15) is 18.0 Å². The van der Waals surface area contributed by atoms with E-state index < -0.39 is 12.4 Å². The summed E-state index contributed by atoms with van der Waals surface area (Å²) in [6.07, 6.45) is -2.74. The van der Waals surface area contributed by atoms with Gasteiger partial charge in [0, 0.05) is 24.0 Å². The monoisotopic (exact) mass is 383 g/mol. The van der Waals surface area contributed by atoms with Crippen molar-refractivity contribution in [3.8, 4) is 5.75 Å². The molecule has 0 atom stereocenters. The van der Waals surface area contributed by atoms with Crippen molar-refractivity contribution in [1.29, 1.82) is 0 Å². The van der Waals surface area contributed by atoms with Gasteiger partial charge in [-0.15, -0.1) is 13.2 Å². The Kier molecular flexibility index (Phi) is 6.80. The second-order valence-corrected chi connectivity index (χ2v) is 5.65. The summed E-state index contributed by atoms with van der Waals surface area (Å²) >= 11 is 0. The van der Waals surface area contributed by atoms with Crippen LogP contribution in [0.4, 0.5) is 35.4 Å². The van der Waals surface area contributed by atoms with E-state index in [1.165, 1.54) is 12.1 Å². The highest BCUT2D eigenvalue weighted by atomic mass is 19.4. The van der Waals surface area contributed by atoms with E-state index in [1.54, 1.807) is 13.0 Å². The fraction of sp³-hybridized carbons (Fsp3) is 0.353. The van der Waals surface area contributed by atoms with Crippen LogP contribution in [0, 0.1) is 6.92 Å². The molecule has 0 bridgehead atoms. The molecule has 1 aromatic carbocycles. The van der Waals surface area contributed by atoms with E-state index in [4.69, 9.17) is 0 Å². The minimum Gasteiger partial charge on any atom is -0.406 e. The SMILES string of the molecule is CCCCNc1cc(C)nc(NC(=O)Nc2ccc(OC(F)(F)F)cc2)n1. The molecule has 0 aliphatic carbocycles. The second kappa shape index (κ2) is 9.06. The molecule has 0 fully saturated rings. The van der Waals surface area contributed by atoms with Crippen LogP contribution >= 0.6 is 0 Å². The summed E-state index contributed by atoms with van der Waals surface area (Å²) in [6, 6.07) is 5.91. The fourth-order valence-electron chi connectivity index (χ4n) is 2.11. The third-order valence-corrected chi connectivity index (χ3v) is 3.26. The van der Waals surface area contributed by atoms with E-state index >= 15 is 0 Å². The van der Waals surface area contributed by atoms with Crippen LogP contribution in [-0.2, 0) is 0 Å². The number of rotatable bonds is 7. The molecule has 2 amide bonds. The molecule has 1 heterocycles. The Morgan fingerprint density at radius 2 is 1.85 bits per heavy atom. The lowest BCUT2D eigenvalue weighted by Crippen LogP contribution is -2.21. The van der Waals surface area contributed by atoms with Gasteiger partial charge in [-0.25, -0.2) is 9.78 Å². The molecular weight excluding hydrogens is 363 g/mol. The highest BCUT2D eigenvalue weighted by Crippen LogP contribution is 2.24. The summed E-state index contributed by atoms with van der Waals surface area (Å²) in [5.41, 5.74) is 0.962. The number of hydrogen-bond acceptors (Lipinski definition) is 5. The molecule has 10 heteroatoms. The molecule has 0 saturated carbocycles. The molecular formula is C17H20F3N5O2. The summed E-state index contributed by atoms with van der Waals surface area (Å²) < 4.78 is 40.2. The van der Waals surface area contributed by atoms with Crippen LogP contribution in [0.25, 0.3) is 0 Å². The molecule has 7 nitrogen and oxygen atoms in total. The van der Waals surface area contributed by atoms with Gasteiger partial charge in [-0.1, -0.05) is 13.3 Å². The van der Waals surface area contributed by atoms with Crippen LogP contribution in [-0.4, -0.2) is 28.9 Å². The van der Waals surface area contributed by atoms with Crippen molar-refractivity contribution in [3.05, 3.63) is 36.0 Å². The maximum Gasteiger partial charge on any atom is 0.573 e. The Morgan fingerprint density at radius 3 is 2.48 bits per heavy atom. The number of anilines is 3. The lowest BCUT2D eigenvalue weighted by atomic mass is 10.3. The Labute approximate surface area is 154 Å². The number of ether oxygens (including phenoxy) is 1. The summed E-state index contributed by atoms with van der Waals surface area (Å²) in [6.45, 7) is 4.60. The largest absolute Gasteiger partial charge is 0.573 e. The highest BCUT2D eigenvalue weighted by Gasteiger charge is 2.30. The number of carbonyl (C=O) groups is 1. The number of hydrogen-bond donors (Lipinski definition) is 3. The Bertz CT molecular complexity index is 766. The molecule has 2 aromatic rings. The minimum atomic E-state index is -4.77. The summed E-state index contributed by atoms with van der Waals surface area (Å²) in [7, 11) is 0. The Morgan fingerprint density at radius 1 is 1.15 bits per heavy atom. The van der Waals surface area contributed by atoms with E-state index in [0.717, 1.165) is 31.5 Å². The third kappa shape index (κ3) is 7.38. The maximum absolute atomic E-state index is 12.1. The van der Waals surface area contributed by atoms with Crippen molar-refractivity contribution < 1.29 is 22.7 Å². The highest BCUT2D eigenvalue weighted by molar-refractivity contribution is 5.98. The van der Waals surface area contributed by atoms with Gasteiger partial charge in [0.25, 0.3) is 0 Å². The van der Waals surface area contributed by atoms with Crippen LogP contribution in [0.1, 0.15) is 25.5 Å². The van der Waals surface area contributed by atoms with Gasteiger partial charge in [0.15, 0.2) is 0 Å². The second-order valence-electron chi connectivity index (χ2n) is 5.65. The van der Waals surface area contributed by atoms with Gasteiger partial charge in [-0.2, -0.15) is 4.98 Å². The first-order valence-corrected chi connectivity index (χ1v) is 8.28. The van der Waals surface area contributed by atoms with E-state index in [0.29, 0.717) is 11.5 Å². The van der Waals surface area contributed by atoms with Crippen molar-refractivity contribution in [3.63, 3.8) is 0 Å². The van der Waals surface area contributed by atoms with Gasteiger partial charge in [0.1, 0.15) is 11.6 Å². The zero-order chi connectivity index (χ0) is 19.9. The van der Waals surface area contributed by atoms with Crippen LogP contribution in [0.5, 0.6) is 5.75 Å². The first kappa shape index (κ1) is 20.3. The Balaban J connectivity index is 1.95. The normalized spacial score (nSPS) is 11.0. The van der Waals surface area contributed by atoms with Gasteiger partial charge in [-0.05, 0) is 37.6 Å². The zero-order valence-corrected chi connectivity index (χ0v) is 14.9. The molecule has 0 aliphatic heterocycles. The molecule has 27 heavy (non-hydrogen) atoms. The van der Waals surface area contributed by atoms with E-state index in [-0.39, 0.29) is 17.4 Å². The molecule has 0 spiro atoms. The number of aromatic nitrogens is 2. The number of amides is 2. The standard InChI is InChI=1S/C17H20F3N5O2/c1-3-4-9-21-14-10-11(2)22-15(24-14)25-16(26)23-12-5-7-13(8-6-12)27-17(18,19)20/h5-8,10H,3-4,9H2,1-2H3,(H3,21,22,23,24,25,26). The number of unbranched alkanes of at least 4 members (excludes halogenated alkanes) is 1. The number of aryl methyl sites for hydroxylation is 1. The van der Waals surface area contributed by atoms with Gasteiger partial charge >= 0.3 is 12.4 Å². The molecule has 2 rings (SSSR count). The summed E-state index contributed by atoms with van der Waals surface area (Å²) in [5, 5.41) is 8.12. The van der Waals surface area contributed by atoms with Gasteiger partial charge in [-0.3, -0.25) is 5.32 Å². The average Bonchev–Trinajstić information content (AvgIpc) is 2.55. The average molecular weight is 383 g/mol. The number of alkyl halides is 3. The number of urea groups is 1. The minimum absolute atomic E-state index is 0.114. The predicted octanol–water partition coefficient (Wildman–Crippen LogP) is 4.54. The number of nitrogens with zero attached hydrogens (tertiary/aromatic N) is 2. The zero-order valence-electron chi connectivity index (χ0n) is 14.9. The molecule has 146 valence electrons. The molecule has 1 aromatic heterocycles. The van der Waals surface area contributed by atoms with Crippen molar-refractivity contribution in [2.45, 2.75) is 33.1 Å². The lowest BCUT2D eigenvalue weighted by Gasteiger charge is -2.11. The quantitative estimate of drug-likeness (QED) is 0.611. The molecule has 0 radical (unpaired) electrons. The van der Waals surface area contributed by atoms with Gasteiger partial charge in [0.2, 0.25) is 5.95 Å². The van der Waals surface area contributed by atoms with Crippen molar-refractivity contribution in [2.24, 2.45) is 0 Å². The van der Waals surface area contributed by atoms with Crippen molar-refractivity contribution in [2.75, 3.05) is 22.5 Å². The summed E-state index contributed by atoms with van der Waals surface area (Å²) in [5.74, 6) is 0.335. The lowest BCUT2D eigenvalue weighted by molar-refractivity contribution is -0.274. The molecule has 3 N–H and O–H groups in total. The van der Waals surface area contributed by atoms with E-state index in [2.05, 4.69) is 37.6 Å². The summed E-state index contributed by atoms with van der Waals surface area (Å²) in [4.78, 5) is 20.4. The number of carbonyl (C=O) groups excluding carboxylic acids is 1. The first-order chi connectivity index (χ1) is 12.7. The molecule has 0 aliphatic rings. The van der Waals surface area contributed by atoms with Crippen molar-refractivity contribution in [1.82, 2.24) is 9.97 Å². The fourth-order valence-corrected chi connectivity index (χ4v) is 2.11. The third-order valence-electron chi connectivity index (χ3n) is 3.26. The van der Waals surface area contributed by atoms with Crippen LogP contribution in [0.2, 0.25) is 0 Å². The Hall–Kier alpha value is -3.04. The predicted molar refractivity (Wildman–Crippen MR) is 95.9 cm³/mol. The smallest absolute Gasteiger partial charge is 0.406 e. The van der Waals surface area contributed by atoms with Crippen LogP contribution in [0.15, 0.2) is 30.3 Å². The van der Waals surface area contributed by atoms with E-state index in [1.807, 2.05) is 0 Å². The van der Waals surface area contributed by atoms with Crippen LogP contribution in [0.3, 0.4) is 0 Å². The number of halogens is 3. The topological polar surface area (TPSA) is 88.2 Å². The van der Waals surface area contributed by atoms with Crippen LogP contribution < -0.4 is 20.7 Å². The van der Waals surface area contributed by atoms with Gasteiger partial charge < -0.3 is 15.4 Å².